The summed E-state index contributed by atoms with van der Waals surface area (Å²) in [6.45, 7) is 4.40. The number of halogens is 3. The largest absolute Gasteiger partial charge is 0.492 e. The number of nitrogens with zero attached hydrogens (tertiary/aromatic N) is 3. The van der Waals surface area contributed by atoms with Crippen LogP contribution in [0.1, 0.15) is 19.4 Å². The van der Waals surface area contributed by atoms with Gasteiger partial charge in [0.1, 0.15) is 5.75 Å². The number of rotatable bonds is 8. The first-order chi connectivity index (χ1) is 14.3. The van der Waals surface area contributed by atoms with Gasteiger partial charge in [0.15, 0.2) is 16.7 Å². The smallest absolute Gasteiger partial charge is 0.416 e. The molecule has 0 aliphatic heterocycles. The maximum atomic E-state index is 13.0. The van der Waals surface area contributed by atoms with Gasteiger partial charge in [0.25, 0.3) is 0 Å². The predicted molar refractivity (Wildman–Crippen MR) is 105 cm³/mol. The predicted octanol–water partition coefficient (Wildman–Crippen LogP) is 4.71. The molecule has 0 saturated heterocycles. The van der Waals surface area contributed by atoms with E-state index in [2.05, 4.69) is 15.5 Å². The fourth-order valence-corrected chi connectivity index (χ4v) is 3.47. The van der Waals surface area contributed by atoms with Crippen LogP contribution in [0.4, 0.5) is 18.9 Å². The van der Waals surface area contributed by atoms with E-state index < -0.39 is 17.6 Å². The van der Waals surface area contributed by atoms with Crippen molar-refractivity contribution in [3.8, 4) is 17.3 Å². The summed E-state index contributed by atoms with van der Waals surface area (Å²) in [4.78, 5) is 12.4. The van der Waals surface area contributed by atoms with Gasteiger partial charge in [-0.25, -0.2) is 0 Å². The van der Waals surface area contributed by atoms with Crippen molar-refractivity contribution in [3.63, 3.8) is 0 Å². The average molecular weight is 440 g/mol. The van der Waals surface area contributed by atoms with Crippen LogP contribution in [0.3, 0.4) is 0 Å². The van der Waals surface area contributed by atoms with E-state index >= 15 is 0 Å². The number of thioether (sulfide) groups is 1. The lowest BCUT2D eigenvalue weighted by Gasteiger charge is -2.14. The molecule has 0 unspecified atom stereocenters. The first kappa shape index (κ1) is 21.8. The van der Waals surface area contributed by atoms with Crippen LogP contribution in [0.2, 0.25) is 0 Å². The summed E-state index contributed by atoms with van der Waals surface area (Å²) in [5.41, 5.74) is -0.909. The number of anilines is 1. The van der Waals surface area contributed by atoms with Crippen molar-refractivity contribution < 1.29 is 27.1 Å². The van der Waals surface area contributed by atoms with Crippen LogP contribution in [0.25, 0.3) is 11.6 Å². The van der Waals surface area contributed by atoms with Crippen molar-refractivity contribution in [2.75, 3.05) is 17.7 Å². The van der Waals surface area contributed by atoms with Gasteiger partial charge in [0.2, 0.25) is 5.91 Å². The number of amides is 1. The summed E-state index contributed by atoms with van der Waals surface area (Å²) in [6, 6.07) is 6.44. The van der Waals surface area contributed by atoms with E-state index in [1.807, 2.05) is 6.92 Å². The summed E-state index contributed by atoms with van der Waals surface area (Å²) in [6.07, 6.45) is -3.01. The Kier molecular flexibility index (Phi) is 6.70. The lowest BCUT2D eigenvalue weighted by Crippen LogP contribution is -2.16. The zero-order chi connectivity index (χ0) is 21.7. The number of furan rings is 1. The number of nitrogens with one attached hydrogen (secondary N) is 1. The number of hydrogen-bond donors (Lipinski definition) is 1. The zero-order valence-electron chi connectivity index (χ0n) is 16.2. The standard InChI is InChI=1S/C19H19F3N4O3S/c1-3-26-17(15-6-5-9-29-15)24-25-18(26)30-11-16(27)23-13-10-12(19(20,21)22)7-8-14(13)28-4-2/h5-10H,3-4,11H2,1-2H3,(H,23,27). The highest BCUT2D eigenvalue weighted by atomic mass is 32.2. The zero-order valence-corrected chi connectivity index (χ0v) is 17.0. The molecule has 7 nitrogen and oxygen atoms in total. The highest BCUT2D eigenvalue weighted by Crippen LogP contribution is 2.35. The van der Waals surface area contributed by atoms with Crippen LogP contribution >= 0.6 is 11.8 Å². The molecule has 0 aliphatic carbocycles. The van der Waals surface area contributed by atoms with Gasteiger partial charge in [-0.2, -0.15) is 13.2 Å². The minimum absolute atomic E-state index is 0.0366. The van der Waals surface area contributed by atoms with Crippen LogP contribution in [-0.4, -0.2) is 33.0 Å². The van der Waals surface area contributed by atoms with Crippen molar-refractivity contribution in [1.82, 2.24) is 14.8 Å². The molecule has 0 fully saturated rings. The molecule has 2 heterocycles. The molecule has 2 aromatic heterocycles. The van der Waals surface area contributed by atoms with Gasteiger partial charge in [-0.15, -0.1) is 10.2 Å². The Hall–Kier alpha value is -2.95. The molecular formula is C19H19F3N4O3S. The highest BCUT2D eigenvalue weighted by Gasteiger charge is 2.31. The van der Waals surface area contributed by atoms with E-state index in [-0.39, 0.29) is 23.8 Å². The number of hydrogen-bond acceptors (Lipinski definition) is 6. The summed E-state index contributed by atoms with van der Waals surface area (Å²) in [5.74, 6) is 0.678. The average Bonchev–Trinajstić information content (AvgIpc) is 3.36. The molecule has 3 rings (SSSR count). The monoisotopic (exact) mass is 440 g/mol. The number of alkyl halides is 3. The summed E-state index contributed by atoms with van der Waals surface area (Å²) >= 11 is 1.12. The topological polar surface area (TPSA) is 82.2 Å². The van der Waals surface area contributed by atoms with Gasteiger partial charge in [0.05, 0.1) is 29.9 Å². The van der Waals surface area contributed by atoms with Crippen LogP contribution in [0, 0.1) is 0 Å². The second-order valence-corrected chi connectivity index (χ2v) is 6.95. The first-order valence-corrected chi connectivity index (χ1v) is 10.1. The van der Waals surface area contributed by atoms with E-state index in [0.717, 1.165) is 23.9 Å². The molecule has 3 aromatic rings. The SMILES string of the molecule is CCOc1ccc(C(F)(F)F)cc1NC(=O)CSc1nnc(-c2ccco2)n1CC. The molecule has 1 aromatic carbocycles. The second-order valence-electron chi connectivity index (χ2n) is 6.01. The Bertz CT molecular complexity index is 1000. The molecular weight excluding hydrogens is 421 g/mol. The number of carbonyl (C=O) groups excluding carboxylic acids is 1. The molecule has 0 saturated carbocycles. The van der Waals surface area contributed by atoms with Crippen LogP contribution in [0.15, 0.2) is 46.2 Å². The van der Waals surface area contributed by atoms with E-state index in [4.69, 9.17) is 9.15 Å². The number of ether oxygens (including phenoxy) is 1. The Balaban J connectivity index is 1.72. The molecule has 0 aliphatic rings. The van der Waals surface area contributed by atoms with E-state index in [9.17, 15) is 18.0 Å². The first-order valence-electron chi connectivity index (χ1n) is 9.07. The summed E-state index contributed by atoms with van der Waals surface area (Å²) in [5, 5.41) is 11.2. The molecule has 0 spiro atoms. The molecule has 11 heteroatoms. The summed E-state index contributed by atoms with van der Waals surface area (Å²) in [7, 11) is 0. The second kappa shape index (κ2) is 9.24. The third-order valence-corrected chi connectivity index (χ3v) is 4.95. The lowest BCUT2D eigenvalue weighted by molar-refractivity contribution is -0.137. The summed E-state index contributed by atoms with van der Waals surface area (Å²) < 4.78 is 51.5. The van der Waals surface area contributed by atoms with Gasteiger partial charge in [-0.05, 0) is 44.2 Å². The molecule has 0 radical (unpaired) electrons. The fourth-order valence-electron chi connectivity index (χ4n) is 2.67. The lowest BCUT2D eigenvalue weighted by atomic mass is 10.1. The number of carbonyl (C=O) groups is 1. The van der Waals surface area contributed by atoms with Crippen molar-refractivity contribution in [1.29, 1.82) is 0 Å². The third kappa shape index (κ3) is 4.96. The maximum Gasteiger partial charge on any atom is 0.416 e. The third-order valence-electron chi connectivity index (χ3n) is 3.99. The van der Waals surface area contributed by atoms with Gasteiger partial charge in [-0.3, -0.25) is 9.36 Å². The van der Waals surface area contributed by atoms with Crippen LogP contribution < -0.4 is 10.1 Å². The fraction of sp³-hybridized carbons (Fsp3) is 0.316. The molecule has 1 amide bonds. The maximum absolute atomic E-state index is 13.0. The Morgan fingerprint density at radius 3 is 2.70 bits per heavy atom. The molecule has 0 bridgehead atoms. The van der Waals surface area contributed by atoms with Gasteiger partial charge in [0, 0.05) is 6.54 Å². The minimum Gasteiger partial charge on any atom is -0.492 e. The number of aromatic nitrogens is 3. The van der Waals surface area contributed by atoms with Crippen molar-refractivity contribution >= 4 is 23.4 Å². The van der Waals surface area contributed by atoms with Crippen molar-refractivity contribution in [2.24, 2.45) is 0 Å². The molecule has 30 heavy (non-hydrogen) atoms. The number of benzene rings is 1. The quantitative estimate of drug-likeness (QED) is 0.511. The Morgan fingerprint density at radius 2 is 2.07 bits per heavy atom. The Labute approximate surface area is 174 Å². The van der Waals surface area contributed by atoms with Gasteiger partial charge >= 0.3 is 6.18 Å². The van der Waals surface area contributed by atoms with Crippen LogP contribution in [0.5, 0.6) is 5.75 Å². The Morgan fingerprint density at radius 1 is 1.27 bits per heavy atom. The van der Waals surface area contributed by atoms with Gasteiger partial charge in [-0.1, -0.05) is 11.8 Å². The van der Waals surface area contributed by atoms with Crippen molar-refractivity contribution in [3.05, 3.63) is 42.2 Å². The van der Waals surface area contributed by atoms with E-state index in [1.165, 1.54) is 12.3 Å². The van der Waals surface area contributed by atoms with E-state index in [0.29, 0.717) is 23.3 Å². The van der Waals surface area contributed by atoms with Crippen LogP contribution in [-0.2, 0) is 17.5 Å². The minimum atomic E-state index is -4.53. The molecule has 0 atom stereocenters. The van der Waals surface area contributed by atoms with Gasteiger partial charge < -0.3 is 14.5 Å². The molecule has 160 valence electrons. The van der Waals surface area contributed by atoms with E-state index in [1.54, 1.807) is 23.6 Å². The van der Waals surface area contributed by atoms with Crippen molar-refractivity contribution in [2.45, 2.75) is 31.7 Å². The normalized spacial score (nSPS) is 11.5. The highest BCUT2D eigenvalue weighted by molar-refractivity contribution is 7.99. The molecule has 1 N–H and O–H groups in total.